The standard InChI is InChI=1S/C17H30BN3O/c1-11(2)15-14(12(3)20(6)19-15)16(22)21-9-7-8-13(21)17(4,5)10-18/h11,13H,7-10,18H2,1-6H3. The van der Waals surface area contributed by atoms with Crippen LogP contribution in [-0.2, 0) is 7.05 Å². The van der Waals surface area contributed by atoms with Crippen molar-refractivity contribution in [2.24, 2.45) is 12.5 Å². The zero-order valence-corrected chi connectivity index (χ0v) is 15.2. The van der Waals surface area contributed by atoms with Crippen LogP contribution in [0.5, 0.6) is 0 Å². The van der Waals surface area contributed by atoms with E-state index in [4.69, 9.17) is 0 Å². The normalized spacial score (nSPS) is 19.2. The minimum absolute atomic E-state index is 0.167. The smallest absolute Gasteiger partial charge is 0.257 e. The Labute approximate surface area is 135 Å². The molecular formula is C17H30BN3O. The first-order valence-corrected chi connectivity index (χ1v) is 8.55. The fourth-order valence-corrected chi connectivity index (χ4v) is 3.50. The molecule has 1 aromatic rings. The van der Waals surface area contributed by atoms with Crippen molar-refractivity contribution in [1.29, 1.82) is 0 Å². The van der Waals surface area contributed by atoms with Gasteiger partial charge in [0.05, 0.1) is 11.3 Å². The van der Waals surface area contributed by atoms with E-state index in [1.807, 2.05) is 18.7 Å². The Morgan fingerprint density at radius 3 is 2.64 bits per heavy atom. The number of carbonyl (C=O) groups excluding carboxylic acids is 1. The van der Waals surface area contributed by atoms with Gasteiger partial charge in [-0.15, -0.1) is 0 Å². The third-order valence-electron chi connectivity index (χ3n) is 5.45. The quantitative estimate of drug-likeness (QED) is 0.802. The number of aromatic nitrogens is 2. The molecule has 1 aromatic heterocycles. The Bertz CT molecular complexity index is 562. The Balaban J connectivity index is 2.40. The molecule has 1 fully saturated rings. The highest BCUT2D eigenvalue weighted by molar-refractivity contribution is 6.09. The summed E-state index contributed by atoms with van der Waals surface area (Å²) in [5.74, 6) is 0.442. The highest BCUT2D eigenvalue weighted by Gasteiger charge is 2.40. The van der Waals surface area contributed by atoms with Gasteiger partial charge in [-0.25, -0.2) is 0 Å². The van der Waals surface area contributed by atoms with Gasteiger partial charge in [-0.05, 0) is 31.1 Å². The van der Waals surface area contributed by atoms with Crippen LogP contribution in [0.4, 0.5) is 0 Å². The first kappa shape index (κ1) is 17.1. The zero-order chi connectivity index (χ0) is 16.7. The zero-order valence-electron chi connectivity index (χ0n) is 15.2. The Morgan fingerprint density at radius 2 is 2.09 bits per heavy atom. The van der Waals surface area contributed by atoms with Crippen LogP contribution >= 0.6 is 0 Å². The van der Waals surface area contributed by atoms with Crippen LogP contribution in [0.15, 0.2) is 0 Å². The average molecular weight is 303 g/mol. The molecule has 0 N–H and O–H groups in total. The number of aryl methyl sites for hydroxylation is 1. The van der Waals surface area contributed by atoms with Crippen LogP contribution < -0.4 is 0 Å². The Morgan fingerprint density at radius 1 is 1.45 bits per heavy atom. The summed E-state index contributed by atoms with van der Waals surface area (Å²) in [6.07, 6.45) is 3.31. The molecule has 5 heteroatoms. The molecule has 4 nitrogen and oxygen atoms in total. The first-order chi connectivity index (χ1) is 10.2. The second-order valence-electron chi connectivity index (χ2n) is 7.62. The summed E-state index contributed by atoms with van der Waals surface area (Å²) in [6.45, 7) is 11.7. The van der Waals surface area contributed by atoms with Crippen LogP contribution in [0.3, 0.4) is 0 Å². The maximum absolute atomic E-state index is 13.3. The number of hydrogen-bond acceptors (Lipinski definition) is 2. The molecule has 1 amide bonds. The SMILES string of the molecule is BCC(C)(C)C1CCCN1C(=O)c1c(C(C)C)nn(C)c1C. The summed E-state index contributed by atoms with van der Waals surface area (Å²) >= 11 is 0. The Kier molecular flexibility index (Phi) is 4.74. The van der Waals surface area contributed by atoms with Gasteiger partial charge in [0.2, 0.25) is 0 Å². The third kappa shape index (κ3) is 2.82. The molecule has 0 aliphatic carbocycles. The van der Waals surface area contributed by atoms with Gasteiger partial charge in [-0.3, -0.25) is 9.48 Å². The summed E-state index contributed by atoms with van der Waals surface area (Å²) < 4.78 is 1.85. The third-order valence-corrected chi connectivity index (χ3v) is 5.45. The lowest BCUT2D eigenvalue weighted by atomic mass is 9.73. The first-order valence-electron chi connectivity index (χ1n) is 8.55. The lowest BCUT2D eigenvalue weighted by Gasteiger charge is -2.37. The molecule has 2 heterocycles. The van der Waals surface area contributed by atoms with Gasteiger partial charge in [0.15, 0.2) is 0 Å². The van der Waals surface area contributed by atoms with E-state index in [0.29, 0.717) is 6.04 Å². The summed E-state index contributed by atoms with van der Waals surface area (Å²) in [5, 5.41) is 4.58. The fraction of sp³-hybridized carbons (Fsp3) is 0.765. The van der Waals surface area contributed by atoms with Crippen molar-refractivity contribution in [2.75, 3.05) is 6.54 Å². The van der Waals surface area contributed by atoms with E-state index in [-0.39, 0.29) is 17.2 Å². The van der Waals surface area contributed by atoms with E-state index in [1.54, 1.807) is 0 Å². The van der Waals surface area contributed by atoms with E-state index in [1.165, 1.54) is 0 Å². The van der Waals surface area contributed by atoms with Gasteiger partial charge in [-0.2, -0.15) is 5.10 Å². The minimum Gasteiger partial charge on any atom is -0.335 e. The highest BCUT2D eigenvalue weighted by atomic mass is 16.2. The van der Waals surface area contributed by atoms with Crippen molar-refractivity contribution in [3.63, 3.8) is 0 Å². The molecule has 1 atom stereocenters. The molecule has 0 aromatic carbocycles. The molecule has 2 rings (SSSR count). The van der Waals surface area contributed by atoms with Gasteiger partial charge >= 0.3 is 0 Å². The summed E-state index contributed by atoms with van der Waals surface area (Å²) in [6, 6.07) is 0.338. The predicted molar refractivity (Wildman–Crippen MR) is 93.2 cm³/mol. The monoisotopic (exact) mass is 303 g/mol. The van der Waals surface area contributed by atoms with E-state index in [9.17, 15) is 4.79 Å². The molecule has 1 aliphatic rings. The predicted octanol–water partition coefficient (Wildman–Crippen LogP) is 2.53. The van der Waals surface area contributed by atoms with Gasteiger partial charge in [0, 0.05) is 25.3 Å². The van der Waals surface area contributed by atoms with Crippen LogP contribution in [0.25, 0.3) is 0 Å². The number of amides is 1. The van der Waals surface area contributed by atoms with Gasteiger partial charge < -0.3 is 4.90 Å². The second-order valence-corrected chi connectivity index (χ2v) is 7.62. The molecular weight excluding hydrogens is 273 g/mol. The molecule has 1 aliphatic heterocycles. The molecule has 0 radical (unpaired) electrons. The van der Waals surface area contributed by atoms with Crippen molar-refractivity contribution in [3.8, 4) is 0 Å². The van der Waals surface area contributed by atoms with Gasteiger partial charge in [0.1, 0.15) is 7.85 Å². The molecule has 122 valence electrons. The highest BCUT2D eigenvalue weighted by Crippen LogP contribution is 2.37. The maximum Gasteiger partial charge on any atom is 0.257 e. The van der Waals surface area contributed by atoms with Gasteiger partial charge in [-0.1, -0.05) is 34.0 Å². The lowest BCUT2D eigenvalue weighted by Crippen LogP contribution is -2.44. The van der Waals surface area contributed by atoms with Crippen molar-refractivity contribution in [2.45, 2.75) is 65.7 Å². The van der Waals surface area contributed by atoms with Gasteiger partial charge in [0.25, 0.3) is 5.91 Å². The van der Waals surface area contributed by atoms with E-state index >= 15 is 0 Å². The van der Waals surface area contributed by atoms with Crippen molar-refractivity contribution < 1.29 is 4.79 Å². The van der Waals surface area contributed by atoms with E-state index in [2.05, 4.69) is 45.5 Å². The summed E-state index contributed by atoms with van der Waals surface area (Å²) in [4.78, 5) is 15.4. The van der Waals surface area contributed by atoms with Crippen molar-refractivity contribution in [3.05, 3.63) is 17.0 Å². The van der Waals surface area contributed by atoms with Crippen LogP contribution in [0.1, 0.15) is 68.2 Å². The van der Waals surface area contributed by atoms with Crippen molar-refractivity contribution >= 4 is 13.8 Å². The number of nitrogens with zero attached hydrogens (tertiary/aromatic N) is 3. The molecule has 0 spiro atoms. The van der Waals surface area contributed by atoms with E-state index in [0.717, 1.165) is 42.7 Å². The maximum atomic E-state index is 13.3. The molecule has 1 saturated heterocycles. The number of rotatable bonds is 4. The lowest BCUT2D eigenvalue weighted by molar-refractivity contribution is 0.0625. The number of likely N-dealkylation sites (tertiary alicyclic amines) is 1. The minimum atomic E-state index is 0.167. The number of carbonyl (C=O) groups is 1. The Hall–Kier alpha value is -1.26. The summed E-state index contributed by atoms with van der Waals surface area (Å²) in [7, 11) is 4.14. The van der Waals surface area contributed by atoms with Crippen molar-refractivity contribution in [1.82, 2.24) is 14.7 Å². The topological polar surface area (TPSA) is 38.1 Å². The van der Waals surface area contributed by atoms with Crippen LogP contribution in [0.2, 0.25) is 6.32 Å². The van der Waals surface area contributed by atoms with Crippen LogP contribution in [-0.4, -0.2) is 41.0 Å². The van der Waals surface area contributed by atoms with Crippen LogP contribution in [0, 0.1) is 12.3 Å². The second kappa shape index (κ2) is 6.09. The fourth-order valence-electron chi connectivity index (χ4n) is 3.50. The molecule has 0 saturated carbocycles. The average Bonchev–Trinajstić information content (AvgIpc) is 3.05. The summed E-state index contributed by atoms with van der Waals surface area (Å²) in [5.41, 5.74) is 2.91. The largest absolute Gasteiger partial charge is 0.335 e. The van der Waals surface area contributed by atoms with E-state index < -0.39 is 0 Å². The molecule has 22 heavy (non-hydrogen) atoms. The molecule has 1 unspecified atom stereocenters. The number of hydrogen-bond donors (Lipinski definition) is 0. The molecule has 0 bridgehead atoms.